The Balaban J connectivity index is 2.04. The minimum atomic E-state index is -0.0335. The van der Waals surface area contributed by atoms with Crippen LogP contribution in [-0.4, -0.2) is 16.7 Å². The monoisotopic (exact) mass is 280 g/mol. The Morgan fingerprint density at radius 2 is 1.95 bits per heavy atom. The molecule has 0 fully saturated rings. The van der Waals surface area contributed by atoms with Crippen LogP contribution in [0, 0.1) is 6.92 Å². The van der Waals surface area contributed by atoms with Crippen molar-refractivity contribution in [2.24, 2.45) is 0 Å². The molecular weight excluding hydrogens is 264 g/mol. The third-order valence-electron chi connectivity index (χ3n) is 3.52. The van der Waals surface area contributed by atoms with Gasteiger partial charge >= 0.3 is 0 Å². The van der Waals surface area contributed by atoms with Crippen molar-refractivity contribution < 1.29 is 4.74 Å². The van der Waals surface area contributed by atoms with E-state index in [0.29, 0.717) is 17.8 Å². The number of aryl methyl sites for hydroxylation is 1. The van der Waals surface area contributed by atoms with E-state index in [9.17, 15) is 4.79 Å². The molecule has 2 heterocycles. The average molecular weight is 280 g/mol. The molecule has 0 aliphatic carbocycles. The molecule has 4 nitrogen and oxygen atoms in total. The van der Waals surface area contributed by atoms with Gasteiger partial charge in [0.05, 0.1) is 19.0 Å². The molecule has 0 unspecified atom stereocenters. The first-order chi connectivity index (χ1) is 10.2. The van der Waals surface area contributed by atoms with Crippen LogP contribution in [0.4, 0.5) is 0 Å². The highest BCUT2D eigenvalue weighted by Gasteiger charge is 2.05. The van der Waals surface area contributed by atoms with Crippen molar-refractivity contribution in [1.82, 2.24) is 9.55 Å². The second kappa shape index (κ2) is 5.40. The molecule has 0 atom stereocenters. The van der Waals surface area contributed by atoms with Gasteiger partial charge in [-0.1, -0.05) is 29.8 Å². The lowest BCUT2D eigenvalue weighted by Gasteiger charge is -2.08. The van der Waals surface area contributed by atoms with Gasteiger partial charge in [-0.3, -0.25) is 4.79 Å². The number of pyridine rings is 2. The highest BCUT2D eigenvalue weighted by atomic mass is 16.5. The van der Waals surface area contributed by atoms with E-state index < -0.39 is 0 Å². The second-order valence-corrected chi connectivity index (χ2v) is 5.05. The number of benzene rings is 1. The van der Waals surface area contributed by atoms with E-state index >= 15 is 0 Å². The van der Waals surface area contributed by atoms with Crippen molar-refractivity contribution in [3.8, 4) is 5.88 Å². The van der Waals surface area contributed by atoms with E-state index in [1.807, 2.05) is 37.3 Å². The van der Waals surface area contributed by atoms with Crippen LogP contribution in [0.1, 0.15) is 11.1 Å². The van der Waals surface area contributed by atoms with Crippen LogP contribution in [-0.2, 0) is 6.54 Å². The minimum Gasteiger partial charge on any atom is -0.481 e. The van der Waals surface area contributed by atoms with E-state index in [1.165, 1.54) is 5.56 Å². The summed E-state index contributed by atoms with van der Waals surface area (Å²) in [6, 6.07) is 11.8. The molecular formula is C17H16N2O2. The van der Waals surface area contributed by atoms with E-state index in [0.717, 1.165) is 10.9 Å². The molecule has 0 aliphatic rings. The lowest BCUT2D eigenvalue weighted by molar-refractivity contribution is 0.398. The van der Waals surface area contributed by atoms with Crippen molar-refractivity contribution in [3.63, 3.8) is 0 Å². The van der Waals surface area contributed by atoms with Gasteiger partial charge in [-0.05, 0) is 18.6 Å². The average Bonchev–Trinajstić information content (AvgIpc) is 2.52. The quantitative estimate of drug-likeness (QED) is 0.741. The van der Waals surface area contributed by atoms with Gasteiger partial charge in [0.2, 0.25) is 5.88 Å². The number of aromatic nitrogens is 2. The number of hydrogen-bond donors (Lipinski definition) is 0. The van der Waals surface area contributed by atoms with Gasteiger partial charge in [0.25, 0.3) is 5.56 Å². The fourth-order valence-corrected chi connectivity index (χ4v) is 2.28. The number of hydrogen-bond acceptors (Lipinski definition) is 3. The third kappa shape index (κ3) is 2.65. The maximum atomic E-state index is 12.5. The summed E-state index contributed by atoms with van der Waals surface area (Å²) in [7, 11) is 1.54. The van der Waals surface area contributed by atoms with Gasteiger partial charge in [-0.15, -0.1) is 0 Å². The summed E-state index contributed by atoms with van der Waals surface area (Å²) < 4.78 is 6.79. The Morgan fingerprint density at radius 1 is 1.19 bits per heavy atom. The SMILES string of the molecule is COc1cc2c(=O)n(Cc3ccc(C)cc3)ccc2cn1. The van der Waals surface area contributed by atoms with Crippen LogP contribution < -0.4 is 10.3 Å². The van der Waals surface area contributed by atoms with Crippen LogP contribution in [0.5, 0.6) is 5.88 Å². The summed E-state index contributed by atoms with van der Waals surface area (Å²) in [5.41, 5.74) is 2.28. The Hall–Kier alpha value is -2.62. The molecule has 3 aromatic rings. The lowest BCUT2D eigenvalue weighted by Crippen LogP contribution is -2.20. The van der Waals surface area contributed by atoms with Gasteiger partial charge < -0.3 is 9.30 Å². The highest BCUT2D eigenvalue weighted by Crippen LogP contribution is 2.14. The first-order valence-corrected chi connectivity index (χ1v) is 6.76. The van der Waals surface area contributed by atoms with Crippen LogP contribution in [0.2, 0.25) is 0 Å². The van der Waals surface area contributed by atoms with Crippen molar-refractivity contribution in [2.45, 2.75) is 13.5 Å². The Kier molecular flexibility index (Phi) is 3.44. The summed E-state index contributed by atoms with van der Waals surface area (Å²) in [5, 5.41) is 1.44. The Labute approximate surface area is 122 Å². The Bertz CT molecular complexity index is 836. The zero-order valence-corrected chi connectivity index (χ0v) is 12.0. The molecule has 106 valence electrons. The van der Waals surface area contributed by atoms with E-state index in [2.05, 4.69) is 4.98 Å². The standard InChI is InChI=1S/C17H16N2O2/c1-12-3-5-13(6-4-12)11-19-8-7-14-10-18-16(21-2)9-15(14)17(19)20/h3-10H,11H2,1-2H3. The van der Waals surface area contributed by atoms with E-state index in [4.69, 9.17) is 4.74 Å². The summed E-state index contributed by atoms with van der Waals surface area (Å²) >= 11 is 0. The molecule has 3 rings (SSSR count). The van der Waals surface area contributed by atoms with Gasteiger partial charge in [0.15, 0.2) is 0 Å². The third-order valence-corrected chi connectivity index (χ3v) is 3.52. The molecule has 0 radical (unpaired) electrons. The largest absolute Gasteiger partial charge is 0.481 e. The molecule has 0 spiro atoms. The summed E-state index contributed by atoms with van der Waals surface area (Å²) in [5.74, 6) is 0.452. The summed E-state index contributed by atoms with van der Waals surface area (Å²) in [6.45, 7) is 2.60. The molecule has 1 aromatic carbocycles. The van der Waals surface area contributed by atoms with Crippen LogP contribution in [0.3, 0.4) is 0 Å². The first-order valence-electron chi connectivity index (χ1n) is 6.76. The van der Waals surface area contributed by atoms with E-state index in [1.54, 1.807) is 30.1 Å². The number of rotatable bonds is 3. The predicted octanol–water partition coefficient (Wildman–Crippen LogP) is 2.76. The normalized spacial score (nSPS) is 10.8. The van der Waals surface area contributed by atoms with Crippen LogP contribution in [0.25, 0.3) is 10.8 Å². The van der Waals surface area contributed by atoms with Crippen molar-refractivity contribution in [1.29, 1.82) is 0 Å². The smallest absolute Gasteiger partial charge is 0.258 e. The lowest BCUT2D eigenvalue weighted by atomic mass is 10.1. The zero-order valence-electron chi connectivity index (χ0n) is 12.0. The van der Waals surface area contributed by atoms with Crippen molar-refractivity contribution >= 4 is 10.8 Å². The second-order valence-electron chi connectivity index (χ2n) is 5.05. The van der Waals surface area contributed by atoms with Crippen LogP contribution >= 0.6 is 0 Å². The molecule has 0 aliphatic heterocycles. The molecule has 2 aromatic heterocycles. The van der Waals surface area contributed by atoms with Gasteiger partial charge in [-0.2, -0.15) is 0 Å². The number of ether oxygens (including phenoxy) is 1. The predicted molar refractivity (Wildman–Crippen MR) is 82.8 cm³/mol. The molecule has 0 saturated carbocycles. The number of fused-ring (bicyclic) bond motifs is 1. The van der Waals surface area contributed by atoms with Gasteiger partial charge in [0.1, 0.15) is 0 Å². The fourth-order valence-electron chi connectivity index (χ4n) is 2.28. The Morgan fingerprint density at radius 3 is 2.67 bits per heavy atom. The van der Waals surface area contributed by atoms with Gasteiger partial charge in [0, 0.05) is 23.8 Å². The molecule has 21 heavy (non-hydrogen) atoms. The van der Waals surface area contributed by atoms with Gasteiger partial charge in [-0.25, -0.2) is 4.98 Å². The summed E-state index contributed by atoms with van der Waals surface area (Å²) in [6.07, 6.45) is 3.46. The number of methoxy groups -OCH3 is 1. The molecule has 0 amide bonds. The molecule has 0 bridgehead atoms. The van der Waals surface area contributed by atoms with Crippen molar-refractivity contribution in [2.75, 3.05) is 7.11 Å². The zero-order chi connectivity index (χ0) is 14.8. The molecule has 4 heteroatoms. The first kappa shape index (κ1) is 13.4. The van der Waals surface area contributed by atoms with E-state index in [-0.39, 0.29) is 5.56 Å². The minimum absolute atomic E-state index is 0.0335. The maximum Gasteiger partial charge on any atom is 0.258 e. The fraction of sp³-hybridized carbons (Fsp3) is 0.176. The molecule has 0 saturated heterocycles. The number of nitrogens with zero attached hydrogens (tertiary/aromatic N) is 2. The topological polar surface area (TPSA) is 44.1 Å². The summed E-state index contributed by atoms with van der Waals surface area (Å²) in [4.78, 5) is 16.7. The molecule has 0 N–H and O–H groups in total. The maximum absolute atomic E-state index is 12.5. The van der Waals surface area contributed by atoms with Crippen molar-refractivity contribution in [3.05, 3.63) is 70.3 Å². The van der Waals surface area contributed by atoms with Crippen LogP contribution in [0.15, 0.2) is 53.6 Å². The highest BCUT2D eigenvalue weighted by molar-refractivity contribution is 5.81.